The first-order valence-electron chi connectivity index (χ1n) is 8.29. The highest BCUT2D eigenvalue weighted by atomic mass is 35.5. The molecular weight excluding hydrogens is 380 g/mol. The topological polar surface area (TPSA) is 90.2 Å². The van der Waals surface area contributed by atoms with Gasteiger partial charge in [-0.05, 0) is 41.1 Å². The Labute approximate surface area is 164 Å². The number of rotatable bonds is 5. The second-order valence-corrected chi connectivity index (χ2v) is 6.32. The lowest BCUT2D eigenvalue weighted by Crippen LogP contribution is -2.03. The second kappa shape index (κ2) is 7.50. The van der Waals surface area contributed by atoms with Crippen molar-refractivity contribution in [3.8, 4) is 11.6 Å². The fourth-order valence-corrected chi connectivity index (χ4v) is 2.93. The molecule has 0 saturated carbocycles. The highest BCUT2D eigenvalue weighted by molar-refractivity contribution is 6.30. The van der Waals surface area contributed by atoms with E-state index in [0.717, 1.165) is 10.8 Å². The van der Waals surface area contributed by atoms with Crippen LogP contribution in [-0.4, -0.2) is 14.9 Å². The molecule has 0 aliphatic heterocycles. The lowest BCUT2D eigenvalue weighted by molar-refractivity contribution is -0.385. The molecule has 1 aromatic heterocycles. The van der Waals surface area contributed by atoms with E-state index in [2.05, 4.69) is 15.3 Å². The predicted molar refractivity (Wildman–Crippen MR) is 107 cm³/mol. The van der Waals surface area contributed by atoms with Crippen molar-refractivity contribution in [2.24, 2.45) is 0 Å². The number of benzene rings is 3. The zero-order chi connectivity index (χ0) is 19.5. The average Bonchev–Trinajstić information content (AvgIpc) is 2.68. The Hall–Kier alpha value is -3.71. The van der Waals surface area contributed by atoms with E-state index in [1.165, 1.54) is 6.33 Å². The van der Waals surface area contributed by atoms with Crippen LogP contribution in [0.1, 0.15) is 0 Å². The van der Waals surface area contributed by atoms with Crippen LogP contribution in [0, 0.1) is 10.1 Å². The number of nitrogens with one attached hydrogen (secondary N) is 1. The molecule has 1 heterocycles. The summed E-state index contributed by atoms with van der Waals surface area (Å²) in [5.41, 5.74) is 0.196. The van der Waals surface area contributed by atoms with Gasteiger partial charge in [-0.1, -0.05) is 48.0 Å². The van der Waals surface area contributed by atoms with Crippen LogP contribution < -0.4 is 10.1 Å². The van der Waals surface area contributed by atoms with Gasteiger partial charge in [0.2, 0.25) is 5.82 Å². The molecule has 0 atom stereocenters. The van der Waals surface area contributed by atoms with Crippen molar-refractivity contribution in [3.05, 3.63) is 88.2 Å². The normalized spacial score (nSPS) is 10.6. The van der Waals surface area contributed by atoms with Crippen LogP contribution in [0.5, 0.6) is 11.6 Å². The van der Waals surface area contributed by atoms with E-state index in [0.29, 0.717) is 16.5 Å². The van der Waals surface area contributed by atoms with Crippen LogP contribution in [0.4, 0.5) is 17.2 Å². The first kappa shape index (κ1) is 17.7. The molecule has 1 N–H and O–H groups in total. The molecule has 0 fully saturated rings. The van der Waals surface area contributed by atoms with E-state index in [1.54, 1.807) is 36.4 Å². The Morgan fingerprint density at radius 2 is 1.79 bits per heavy atom. The van der Waals surface area contributed by atoms with Crippen molar-refractivity contribution in [2.45, 2.75) is 0 Å². The van der Waals surface area contributed by atoms with E-state index in [4.69, 9.17) is 16.3 Å². The quantitative estimate of drug-likeness (QED) is 0.344. The Bertz CT molecular complexity index is 1180. The molecule has 3 aromatic carbocycles. The fraction of sp³-hybridized carbons (Fsp3) is 0. The molecule has 0 saturated heterocycles. The Kier molecular flexibility index (Phi) is 4.74. The molecule has 4 aromatic rings. The third-order valence-electron chi connectivity index (χ3n) is 3.99. The SMILES string of the molecule is O=[N+]([O-])c1c(Nc2cccc(Cl)c2)ncnc1Oc1ccc2ccccc2c1. The summed E-state index contributed by atoms with van der Waals surface area (Å²) in [6.07, 6.45) is 1.20. The van der Waals surface area contributed by atoms with Crippen molar-refractivity contribution in [1.82, 2.24) is 9.97 Å². The largest absolute Gasteiger partial charge is 0.434 e. The number of ether oxygens (including phenoxy) is 1. The first-order chi connectivity index (χ1) is 13.6. The summed E-state index contributed by atoms with van der Waals surface area (Å²) in [6, 6.07) is 19.9. The number of nitro groups is 1. The molecule has 0 amide bonds. The van der Waals surface area contributed by atoms with Gasteiger partial charge in [-0.2, -0.15) is 4.98 Å². The van der Waals surface area contributed by atoms with Crippen LogP contribution in [0.3, 0.4) is 0 Å². The van der Waals surface area contributed by atoms with Gasteiger partial charge in [0, 0.05) is 10.7 Å². The smallest absolute Gasteiger partial charge is 0.373 e. The third-order valence-corrected chi connectivity index (χ3v) is 4.23. The maximum absolute atomic E-state index is 11.7. The highest BCUT2D eigenvalue weighted by Gasteiger charge is 2.25. The predicted octanol–water partition coefficient (Wildman–Crippen LogP) is 5.73. The van der Waals surface area contributed by atoms with E-state index < -0.39 is 4.92 Å². The van der Waals surface area contributed by atoms with Crippen molar-refractivity contribution in [2.75, 3.05) is 5.32 Å². The van der Waals surface area contributed by atoms with Crippen LogP contribution in [0.2, 0.25) is 5.02 Å². The lowest BCUT2D eigenvalue weighted by Gasteiger charge is -2.10. The van der Waals surface area contributed by atoms with Gasteiger partial charge in [0.1, 0.15) is 12.1 Å². The maximum atomic E-state index is 11.7. The summed E-state index contributed by atoms with van der Waals surface area (Å²) in [7, 11) is 0. The lowest BCUT2D eigenvalue weighted by atomic mass is 10.1. The van der Waals surface area contributed by atoms with Crippen molar-refractivity contribution in [1.29, 1.82) is 0 Å². The Balaban J connectivity index is 1.71. The van der Waals surface area contributed by atoms with Gasteiger partial charge in [0.05, 0.1) is 4.92 Å². The monoisotopic (exact) mass is 392 g/mol. The number of hydrogen-bond acceptors (Lipinski definition) is 6. The van der Waals surface area contributed by atoms with Crippen molar-refractivity contribution < 1.29 is 9.66 Å². The van der Waals surface area contributed by atoms with Gasteiger partial charge in [0.25, 0.3) is 0 Å². The summed E-state index contributed by atoms with van der Waals surface area (Å²) in [5.74, 6) is 0.298. The number of nitrogens with zero attached hydrogens (tertiary/aromatic N) is 3. The molecule has 0 bridgehead atoms. The van der Waals surface area contributed by atoms with E-state index >= 15 is 0 Å². The molecule has 0 unspecified atom stereocenters. The molecule has 28 heavy (non-hydrogen) atoms. The van der Waals surface area contributed by atoms with Crippen LogP contribution in [0.25, 0.3) is 10.8 Å². The van der Waals surface area contributed by atoms with Crippen LogP contribution in [0.15, 0.2) is 73.1 Å². The summed E-state index contributed by atoms with van der Waals surface area (Å²) in [4.78, 5) is 19.0. The second-order valence-electron chi connectivity index (χ2n) is 5.88. The van der Waals surface area contributed by atoms with Gasteiger partial charge in [0.15, 0.2) is 0 Å². The molecule has 0 aliphatic carbocycles. The summed E-state index contributed by atoms with van der Waals surface area (Å²) < 4.78 is 5.72. The molecule has 7 nitrogen and oxygen atoms in total. The molecule has 4 rings (SSSR count). The number of halogens is 1. The van der Waals surface area contributed by atoms with Gasteiger partial charge in [-0.15, -0.1) is 0 Å². The Morgan fingerprint density at radius 1 is 0.964 bits per heavy atom. The standard InChI is InChI=1S/C20H13ClN4O3/c21-15-6-3-7-16(11-15)24-19-18(25(26)27)20(23-12-22-19)28-17-9-8-13-4-1-2-5-14(13)10-17/h1-12H,(H,22,23,24). The van der Waals surface area contributed by atoms with Gasteiger partial charge >= 0.3 is 11.6 Å². The highest BCUT2D eigenvalue weighted by Crippen LogP contribution is 2.36. The van der Waals surface area contributed by atoms with Gasteiger partial charge < -0.3 is 10.1 Å². The zero-order valence-electron chi connectivity index (χ0n) is 14.4. The number of aromatic nitrogens is 2. The molecular formula is C20H13ClN4O3. The minimum absolute atomic E-state index is 0.0121. The van der Waals surface area contributed by atoms with Gasteiger partial charge in [-0.25, -0.2) is 4.98 Å². The average molecular weight is 393 g/mol. The molecule has 0 aliphatic rings. The van der Waals surface area contributed by atoms with E-state index in [9.17, 15) is 10.1 Å². The van der Waals surface area contributed by atoms with Crippen LogP contribution in [-0.2, 0) is 0 Å². The van der Waals surface area contributed by atoms with Gasteiger partial charge in [-0.3, -0.25) is 10.1 Å². The maximum Gasteiger partial charge on any atom is 0.373 e. The number of anilines is 2. The minimum Gasteiger partial charge on any atom is -0.434 e. The van der Waals surface area contributed by atoms with E-state index in [1.807, 2.05) is 30.3 Å². The number of fused-ring (bicyclic) bond motifs is 1. The fourth-order valence-electron chi connectivity index (χ4n) is 2.74. The third kappa shape index (κ3) is 3.70. The summed E-state index contributed by atoms with van der Waals surface area (Å²) in [6.45, 7) is 0. The molecule has 8 heteroatoms. The van der Waals surface area contributed by atoms with Crippen molar-refractivity contribution in [3.63, 3.8) is 0 Å². The number of hydrogen-bond donors (Lipinski definition) is 1. The summed E-state index contributed by atoms with van der Waals surface area (Å²) in [5, 5.41) is 17.1. The summed E-state index contributed by atoms with van der Waals surface area (Å²) >= 11 is 5.97. The van der Waals surface area contributed by atoms with Crippen molar-refractivity contribution >= 4 is 39.6 Å². The first-order valence-corrected chi connectivity index (χ1v) is 8.66. The zero-order valence-corrected chi connectivity index (χ0v) is 15.1. The molecule has 138 valence electrons. The Morgan fingerprint density at radius 3 is 2.57 bits per heavy atom. The molecule has 0 radical (unpaired) electrons. The minimum atomic E-state index is -0.580. The van der Waals surface area contributed by atoms with E-state index in [-0.39, 0.29) is 17.4 Å². The van der Waals surface area contributed by atoms with Crippen LogP contribution >= 0.6 is 11.6 Å². The molecule has 0 spiro atoms.